The molecule has 0 saturated heterocycles. The highest BCUT2D eigenvalue weighted by Gasteiger charge is 2.36. The van der Waals surface area contributed by atoms with E-state index in [0.29, 0.717) is 18.5 Å². The molecule has 2 heteroatoms. The van der Waals surface area contributed by atoms with Gasteiger partial charge in [0.25, 0.3) is 6.47 Å². The number of rotatable bonds is 3. The first-order valence-electron chi connectivity index (χ1n) is 5.03. The number of hydrogen-bond acceptors (Lipinski definition) is 2. The summed E-state index contributed by atoms with van der Waals surface area (Å²) in [6.45, 7) is 7.96. The summed E-state index contributed by atoms with van der Waals surface area (Å²) in [6.07, 6.45) is 4.90. The highest BCUT2D eigenvalue weighted by molar-refractivity contribution is 5.37. The van der Waals surface area contributed by atoms with Crippen molar-refractivity contribution in [1.82, 2.24) is 0 Å². The first-order chi connectivity index (χ1) is 5.97. The van der Waals surface area contributed by atoms with Crippen molar-refractivity contribution in [3.8, 4) is 0 Å². The maximum atomic E-state index is 10.1. The molecule has 1 unspecified atom stereocenters. The molecule has 1 aliphatic carbocycles. The van der Waals surface area contributed by atoms with Crippen LogP contribution in [0.4, 0.5) is 0 Å². The topological polar surface area (TPSA) is 26.3 Å². The van der Waals surface area contributed by atoms with Gasteiger partial charge < -0.3 is 4.74 Å². The van der Waals surface area contributed by atoms with Crippen LogP contribution < -0.4 is 0 Å². The Kier molecular flexibility index (Phi) is 2.99. The molecule has 76 valence electrons. The van der Waals surface area contributed by atoms with E-state index in [1.807, 2.05) is 0 Å². The quantitative estimate of drug-likeness (QED) is 0.630. The van der Waals surface area contributed by atoms with Crippen molar-refractivity contribution in [1.29, 1.82) is 0 Å². The van der Waals surface area contributed by atoms with E-state index in [2.05, 4.69) is 20.8 Å². The average Bonchev–Trinajstić information content (AvgIpc) is 1.98. The fourth-order valence-electron chi connectivity index (χ4n) is 2.68. The molecule has 1 aliphatic rings. The first kappa shape index (κ1) is 10.6. The molecule has 1 saturated carbocycles. The third-order valence-electron chi connectivity index (χ3n) is 3.04. The lowest BCUT2D eigenvalue weighted by Crippen LogP contribution is -2.34. The van der Waals surface area contributed by atoms with Gasteiger partial charge in [-0.2, -0.15) is 0 Å². The van der Waals surface area contributed by atoms with Crippen molar-refractivity contribution >= 4 is 6.47 Å². The van der Waals surface area contributed by atoms with E-state index in [1.165, 1.54) is 19.3 Å². The number of ether oxygens (including phenoxy) is 1. The van der Waals surface area contributed by atoms with Crippen molar-refractivity contribution in [2.24, 2.45) is 10.8 Å². The smallest absolute Gasteiger partial charge is 0.293 e. The van der Waals surface area contributed by atoms with E-state index in [9.17, 15) is 4.79 Å². The zero-order valence-corrected chi connectivity index (χ0v) is 8.93. The Balaban J connectivity index is 2.52. The summed E-state index contributed by atoms with van der Waals surface area (Å²) in [7, 11) is 0. The van der Waals surface area contributed by atoms with Crippen LogP contribution in [0.25, 0.3) is 0 Å². The monoisotopic (exact) mass is 184 g/mol. The number of hydrogen-bond donors (Lipinski definition) is 0. The third-order valence-corrected chi connectivity index (χ3v) is 3.04. The molecular formula is C11H20O2. The van der Waals surface area contributed by atoms with E-state index >= 15 is 0 Å². The van der Waals surface area contributed by atoms with Crippen LogP contribution in [0.3, 0.4) is 0 Å². The molecule has 0 radical (unpaired) electrons. The Morgan fingerprint density at radius 3 is 2.54 bits per heavy atom. The van der Waals surface area contributed by atoms with Gasteiger partial charge in [-0.05, 0) is 24.7 Å². The van der Waals surface area contributed by atoms with Crippen molar-refractivity contribution in [3.63, 3.8) is 0 Å². The molecule has 0 amide bonds. The average molecular weight is 184 g/mol. The van der Waals surface area contributed by atoms with Gasteiger partial charge in [-0.15, -0.1) is 0 Å². The Bertz CT molecular complexity index is 187. The Morgan fingerprint density at radius 2 is 2.00 bits per heavy atom. The lowest BCUT2D eigenvalue weighted by molar-refractivity contribution is -0.133. The summed E-state index contributed by atoms with van der Waals surface area (Å²) in [6, 6.07) is 0. The number of carbonyl (C=O) groups is 1. The standard InChI is InChI=1S/C11H20O2/c1-10(2)5-4-6-11(3,7-10)8-13-9-12/h9H,4-8H2,1-3H3. The summed E-state index contributed by atoms with van der Waals surface area (Å²) < 4.78 is 4.89. The molecule has 1 atom stereocenters. The van der Waals surface area contributed by atoms with E-state index in [-0.39, 0.29) is 5.41 Å². The van der Waals surface area contributed by atoms with Crippen LogP contribution in [0, 0.1) is 10.8 Å². The Hall–Kier alpha value is -0.530. The van der Waals surface area contributed by atoms with Crippen molar-refractivity contribution in [3.05, 3.63) is 0 Å². The van der Waals surface area contributed by atoms with Crippen LogP contribution in [0.2, 0.25) is 0 Å². The van der Waals surface area contributed by atoms with E-state index in [0.717, 1.165) is 6.42 Å². The highest BCUT2D eigenvalue weighted by Crippen LogP contribution is 2.45. The molecule has 0 aromatic heterocycles. The molecule has 0 N–H and O–H groups in total. The van der Waals surface area contributed by atoms with Gasteiger partial charge in [-0.1, -0.05) is 27.2 Å². The van der Waals surface area contributed by atoms with Crippen LogP contribution in [0.5, 0.6) is 0 Å². The van der Waals surface area contributed by atoms with Gasteiger partial charge in [0.2, 0.25) is 0 Å². The fourth-order valence-corrected chi connectivity index (χ4v) is 2.68. The second-order valence-corrected chi connectivity index (χ2v) is 5.41. The Labute approximate surface area is 80.7 Å². The molecular weight excluding hydrogens is 164 g/mol. The molecule has 0 bridgehead atoms. The van der Waals surface area contributed by atoms with Crippen LogP contribution in [-0.4, -0.2) is 13.1 Å². The fraction of sp³-hybridized carbons (Fsp3) is 0.909. The minimum atomic E-state index is 0.211. The molecule has 0 aromatic rings. The highest BCUT2D eigenvalue weighted by atomic mass is 16.5. The zero-order chi connectivity index (χ0) is 9.95. The molecule has 13 heavy (non-hydrogen) atoms. The molecule has 1 fully saturated rings. The van der Waals surface area contributed by atoms with E-state index in [4.69, 9.17) is 4.74 Å². The van der Waals surface area contributed by atoms with E-state index < -0.39 is 0 Å². The van der Waals surface area contributed by atoms with Gasteiger partial charge >= 0.3 is 0 Å². The lowest BCUT2D eigenvalue weighted by Gasteiger charge is -2.42. The Morgan fingerprint density at radius 1 is 1.31 bits per heavy atom. The largest absolute Gasteiger partial charge is 0.467 e. The van der Waals surface area contributed by atoms with Crippen molar-refractivity contribution < 1.29 is 9.53 Å². The van der Waals surface area contributed by atoms with Gasteiger partial charge in [0.05, 0.1) is 6.61 Å². The molecule has 0 aliphatic heterocycles. The van der Waals surface area contributed by atoms with Gasteiger partial charge in [0, 0.05) is 5.41 Å². The van der Waals surface area contributed by atoms with E-state index in [1.54, 1.807) is 0 Å². The predicted molar refractivity (Wildman–Crippen MR) is 52.4 cm³/mol. The lowest BCUT2D eigenvalue weighted by atomic mass is 9.65. The van der Waals surface area contributed by atoms with Gasteiger partial charge in [-0.25, -0.2) is 0 Å². The predicted octanol–water partition coefficient (Wildman–Crippen LogP) is 2.77. The summed E-state index contributed by atoms with van der Waals surface area (Å²) >= 11 is 0. The second-order valence-electron chi connectivity index (χ2n) is 5.41. The minimum absolute atomic E-state index is 0.211. The molecule has 2 nitrogen and oxygen atoms in total. The normalized spacial score (nSPS) is 32.5. The van der Waals surface area contributed by atoms with Gasteiger partial charge in [0.15, 0.2) is 0 Å². The summed E-state index contributed by atoms with van der Waals surface area (Å²) in [4.78, 5) is 10.1. The SMILES string of the molecule is CC1(C)CCCC(C)(COC=O)C1. The van der Waals surface area contributed by atoms with Crippen LogP contribution in [0.15, 0.2) is 0 Å². The van der Waals surface area contributed by atoms with Gasteiger partial charge in [-0.3, -0.25) is 4.79 Å². The molecule has 1 rings (SSSR count). The molecule has 0 aromatic carbocycles. The maximum absolute atomic E-state index is 10.1. The number of carbonyl (C=O) groups excluding carboxylic acids is 1. The van der Waals surface area contributed by atoms with Crippen molar-refractivity contribution in [2.75, 3.05) is 6.61 Å². The minimum Gasteiger partial charge on any atom is -0.467 e. The van der Waals surface area contributed by atoms with Gasteiger partial charge in [0.1, 0.15) is 0 Å². The summed E-state index contributed by atoms with van der Waals surface area (Å²) in [5, 5.41) is 0. The second kappa shape index (κ2) is 3.69. The first-order valence-corrected chi connectivity index (χ1v) is 5.03. The molecule has 0 heterocycles. The van der Waals surface area contributed by atoms with Crippen LogP contribution >= 0.6 is 0 Å². The maximum Gasteiger partial charge on any atom is 0.293 e. The zero-order valence-electron chi connectivity index (χ0n) is 8.93. The van der Waals surface area contributed by atoms with Crippen LogP contribution in [-0.2, 0) is 9.53 Å². The van der Waals surface area contributed by atoms with Crippen LogP contribution in [0.1, 0.15) is 46.5 Å². The van der Waals surface area contributed by atoms with Crippen molar-refractivity contribution in [2.45, 2.75) is 46.5 Å². The third kappa shape index (κ3) is 3.02. The molecule has 0 spiro atoms. The summed E-state index contributed by atoms with van der Waals surface area (Å²) in [5.74, 6) is 0. The summed E-state index contributed by atoms with van der Waals surface area (Å²) in [5.41, 5.74) is 0.627.